The number of hydrogen-bond acceptors (Lipinski definition) is 4. The minimum Gasteiger partial charge on any atom is -0.495 e. The molecule has 0 bridgehead atoms. The predicted molar refractivity (Wildman–Crippen MR) is 75.2 cm³/mol. The monoisotopic (exact) mass is 303 g/mol. The Bertz CT molecular complexity index is 471. The van der Waals surface area contributed by atoms with Gasteiger partial charge in [-0.25, -0.2) is 0 Å². The number of nitrogens with zero attached hydrogens (tertiary/aromatic N) is 2. The average Bonchev–Trinajstić information content (AvgIpc) is 2.40. The lowest BCUT2D eigenvalue weighted by atomic mass is 10.1. The molecule has 4 nitrogen and oxygen atoms in total. The van der Waals surface area contributed by atoms with E-state index in [1.165, 1.54) is 4.90 Å². The average molecular weight is 303 g/mol. The molecule has 2 N–H and O–H groups in total. The quantitative estimate of drug-likeness (QED) is 0.864. The summed E-state index contributed by atoms with van der Waals surface area (Å²) in [6, 6.07) is 5.59. The first-order chi connectivity index (χ1) is 9.87. The minimum atomic E-state index is -4.12. The van der Waals surface area contributed by atoms with E-state index in [1.807, 2.05) is 18.2 Å². The van der Waals surface area contributed by atoms with Crippen LogP contribution in [0.15, 0.2) is 18.2 Å². The second-order valence-electron chi connectivity index (χ2n) is 5.24. The standard InChI is InChI=1S/C14H20F3N3O/c1-21-13-3-2-11(8-12(13)18)9-19-4-6-20(7-5-19)10-14(15,16)17/h2-3,8H,4-7,9-10,18H2,1H3. The van der Waals surface area contributed by atoms with Crippen molar-refractivity contribution in [1.29, 1.82) is 0 Å². The van der Waals surface area contributed by atoms with Crippen LogP contribution in [0.25, 0.3) is 0 Å². The normalized spacial score (nSPS) is 17.9. The molecule has 0 aromatic heterocycles. The fraction of sp³-hybridized carbons (Fsp3) is 0.571. The van der Waals surface area contributed by atoms with Gasteiger partial charge in [0.15, 0.2) is 0 Å². The van der Waals surface area contributed by atoms with Crippen LogP contribution in [0.4, 0.5) is 18.9 Å². The smallest absolute Gasteiger partial charge is 0.401 e. The van der Waals surface area contributed by atoms with Crippen LogP contribution in [0.3, 0.4) is 0 Å². The number of rotatable bonds is 4. The van der Waals surface area contributed by atoms with E-state index in [9.17, 15) is 13.2 Å². The Kier molecular flexibility index (Phi) is 4.95. The lowest BCUT2D eigenvalue weighted by Crippen LogP contribution is -2.48. The van der Waals surface area contributed by atoms with Crippen molar-refractivity contribution in [2.45, 2.75) is 12.7 Å². The van der Waals surface area contributed by atoms with Gasteiger partial charge in [0.1, 0.15) is 5.75 Å². The lowest BCUT2D eigenvalue weighted by molar-refractivity contribution is -0.149. The number of hydrogen-bond donors (Lipinski definition) is 1. The van der Waals surface area contributed by atoms with E-state index in [4.69, 9.17) is 10.5 Å². The molecule has 1 aliphatic heterocycles. The first kappa shape index (κ1) is 15.9. The predicted octanol–water partition coefficient (Wildman–Crippen LogP) is 1.96. The number of halogens is 3. The lowest BCUT2D eigenvalue weighted by Gasteiger charge is -2.35. The molecule has 0 spiro atoms. The Labute approximate surface area is 122 Å². The van der Waals surface area contributed by atoms with Crippen molar-refractivity contribution in [1.82, 2.24) is 9.80 Å². The van der Waals surface area contributed by atoms with Crippen molar-refractivity contribution in [3.63, 3.8) is 0 Å². The van der Waals surface area contributed by atoms with Gasteiger partial charge >= 0.3 is 6.18 Å². The zero-order chi connectivity index (χ0) is 15.5. The van der Waals surface area contributed by atoms with Crippen LogP contribution >= 0.6 is 0 Å². The maximum atomic E-state index is 12.3. The van der Waals surface area contributed by atoms with E-state index < -0.39 is 12.7 Å². The summed E-state index contributed by atoms with van der Waals surface area (Å²) >= 11 is 0. The molecule has 1 aromatic carbocycles. The second kappa shape index (κ2) is 6.53. The van der Waals surface area contributed by atoms with Gasteiger partial charge in [0.2, 0.25) is 0 Å². The summed E-state index contributed by atoms with van der Waals surface area (Å²) in [6.45, 7) is 1.99. The number of benzene rings is 1. The summed E-state index contributed by atoms with van der Waals surface area (Å²) in [6.07, 6.45) is -4.12. The number of piperazine rings is 1. The van der Waals surface area contributed by atoms with E-state index in [1.54, 1.807) is 7.11 Å². The number of nitrogen functional groups attached to an aromatic ring is 1. The summed E-state index contributed by atoms with van der Waals surface area (Å²) in [5.74, 6) is 0.633. The summed E-state index contributed by atoms with van der Waals surface area (Å²) < 4.78 is 42.1. The van der Waals surface area contributed by atoms with E-state index in [-0.39, 0.29) is 0 Å². The molecule has 118 valence electrons. The molecule has 0 unspecified atom stereocenters. The summed E-state index contributed by atoms with van der Waals surface area (Å²) in [5, 5.41) is 0. The molecule has 1 saturated heterocycles. The number of anilines is 1. The Morgan fingerprint density at radius 2 is 1.76 bits per heavy atom. The van der Waals surface area contributed by atoms with Crippen LogP contribution in [-0.4, -0.2) is 55.8 Å². The molecule has 1 heterocycles. The molecular formula is C14H20F3N3O. The fourth-order valence-corrected chi connectivity index (χ4v) is 2.50. The summed E-state index contributed by atoms with van der Waals surface area (Å²) in [4.78, 5) is 3.58. The fourth-order valence-electron chi connectivity index (χ4n) is 2.50. The van der Waals surface area contributed by atoms with E-state index in [0.29, 0.717) is 44.2 Å². The second-order valence-corrected chi connectivity index (χ2v) is 5.24. The van der Waals surface area contributed by atoms with Gasteiger partial charge in [0.05, 0.1) is 19.3 Å². The first-order valence-electron chi connectivity index (χ1n) is 6.81. The summed E-state index contributed by atoms with van der Waals surface area (Å²) in [5.41, 5.74) is 7.47. The molecule has 2 rings (SSSR count). The number of alkyl halides is 3. The van der Waals surface area contributed by atoms with Gasteiger partial charge in [-0.2, -0.15) is 13.2 Å². The van der Waals surface area contributed by atoms with Gasteiger partial charge in [-0.15, -0.1) is 0 Å². The molecule has 0 saturated carbocycles. The van der Waals surface area contributed by atoms with E-state index >= 15 is 0 Å². The topological polar surface area (TPSA) is 41.7 Å². The molecule has 7 heteroatoms. The van der Waals surface area contributed by atoms with Crippen molar-refractivity contribution in [3.05, 3.63) is 23.8 Å². The molecule has 1 aromatic rings. The van der Waals surface area contributed by atoms with Crippen LogP contribution in [0.2, 0.25) is 0 Å². The molecule has 0 radical (unpaired) electrons. The molecule has 0 atom stereocenters. The van der Waals surface area contributed by atoms with Crippen LogP contribution < -0.4 is 10.5 Å². The largest absolute Gasteiger partial charge is 0.495 e. The van der Waals surface area contributed by atoms with Gasteiger partial charge in [0.25, 0.3) is 0 Å². The van der Waals surface area contributed by atoms with Crippen LogP contribution in [-0.2, 0) is 6.54 Å². The Morgan fingerprint density at radius 1 is 1.14 bits per heavy atom. The van der Waals surface area contributed by atoms with Gasteiger partial charge in [0, 0.05) is 32.7 Å². The minimum absolute atomic E-state index is 0.436. The van der Waals surface area contributed by atoms with Crippen molar-refractivity contribution >= 4 is 5.69 Å². The highest BCUT2D eigenvalue weighted by atomic mass is 19.4. The highest BCUT2D eigenvalue weighted by Crippen LogP contribution is 2.23. The Hall–Kier alpha value is -1.47. The third kappa shape index (κ3) is 4.78. The third-order valence-corrected chi connectivity index (χ3v) is 3.57. The van der Waals surface area contributed by atoms with Crippen molar-refractivity contribution in [3.8, 4) is 5.75 Å². The highest BCUT2D eigenvalue weighted by Gasteiger charge is 2.32. The van der Waals surface area contributed by atoms with Crippen molar-refractivity contribution in [2.75, 3.05) is 45.6 Å². The molecule has 21 heavy (non-hydrogen) atoms. The zero-order valence-corrected chi connectivity index (χ0v) is 12.0. The SMILES string of the molecule is COc1ccc(CN2CCN(CC(F)(F)F)CC2)cc1N. The molecule has 0 amide bonds. The van der Waals surface area contributed by atoms with Crippen LogP contribution in [0, 0.1) is 0 Å². The van der Waals surface area contributed by atoms with E-state index in [0.717, 1.165) is 5.56 Å². The number of methoxy groups -OCH3 is 1. The number of ether oxygens (including phenoxy) is 1. The Morgan fingerprint density at radius 3 is 2.29 bits per heavy atom. The van der Waals surface area contributed by atoms with Crippen LogP contribution in [0.1, 0.15) is 5.56 Å². The summed E-state index contributed by atoms with van der Waals surface area (Å²) in [7, 11) is 1.56. The number of nitrogens with two attached hydrogens (primary N) is 1. The molecule has 1 fully saturated rings. The maximum Gasteiger partial charge on any atom is 0.401 e. The Balaban J connectivity index is 1.85. The molecule has 0 aliphatic carbocycles. The van der Waals surface area contributed by atoms with Gasteiger partial charge in [-0.05, 0) is 17.7 Å². The van der Waals surface area contributed by atoms with Crippen molar-refractivity contribution in [2.24, 2.45) is 0 Å². The molecular weight excluding hydrogens is 283 g/mol. The van der Waals surface area contributed by atoms with Crippen molar-refractivity contribution < 1.29 is 17.9 Å². The van der Waals surface area contributed by atoms with Gasteiger partial charge in [-0.3, -0.25) is 9.80 Å². The zero-order valence-electron chi connectivity index (χ0n) is 12.0. The highest BCUT2D eigenvalue weighted by molar-refractivity contribution is 5.54. The third-order valence-electron chi connectivity index (χ3n) is 3.57. The molecule has 1 aliphatic rings. The first-order valence-corrected chi connectivity index (χ1v) is 6.81. The van der Waals surface area contributed by atoms with Gasteiger partial charge < -0.3 is 10.5 Å². The van der Waals surface area contributed by atoms with Gasteiger partial charge in [-0.1, -0.05) is 6.07 Å². The maximum absolute atomic E-state index is 12.3. The van der Waals surface area contributed by atoms with Crippen LogP contribution in [0.5, 0.6) is 5.75 Å². The van der Waals surface area contributed by atoms with E-state index in [2.05, 4.69) is 4.90 Å².